The van der Waals surface area contributed by atoms with Crippen LogP contribution in [0.2, 0.25) is 0 Å². The van der Waals surface area contributed by atoms with E-state index in [9.17, 15) is 0 Å². The highest BCUT2D eigenvalue weighted by Crippen LogP contribution is 2.36. The van der Waals surface area contributed by atoms with Crippen LogP contribution in [0.5, 0.6) is 0 Å². The Morgan fingerprint density at radius 1 is 1.28 bits per heavy atom. The highest BCUT2D eigenvalue weighted by molar-refractivity contribution is 14.2. The summed E-state index contributed by atoms with van der Waals surface area (Å²) in [6.07, 6.45) is 10.5. The molecule has 0 bridgehead atoms. The molecule has 0 aromatic rings. The molecule has 3 aliphatic heterocycles. The number of allylic oxidation sites excluding steroid dienone is 1. The number of rotatable bonds is 3. The van der Waals surface area contributed by atoms with Crippen LogP contribution in [0.3, 0.4) is 0 Å². The van der Waals surface area contributed by atoms with Gasteiger partial charge in [-0.05, 0) is 26.7 Å². The van der Waals surface area contributed by atoms with Crippen LogP contribution in [0.15, 0.2) is 34.0 Å². The van der Waals surface area contributed by atoms with Gasteiger partial charge in [-0.25, -0.2) is 0 Å². The maximum absolute atomic E-state index is 5.93. The molecule has 3 heterocycles. The fraction of sp³-hybridized carbons (Fsp3) is 0.500. The number of halogens is 1. The van der Waals surface area contributed by atoms with Crippen molar-refractivity contribution in [2.45, 2.75) is 24.7 Å². The third-order valence-electron chi connectivity index (χ3n) is 3.31. The minimum atomic E-state index is -0.576. The van der Waals surface area contributed by atoms with Crippen LogP contribution >= 0.6 is 20.7 Å². The van der Waals surface area contributed by atoms with E-state index in [1.54, 1.807) is 0 Å². The van der Waals surface area contributed by atoms with Crippen molar-refractivity contribution >= 4 is 24.7 Å². The number of hydrogen-bond acceptors (Lipinski definition) is 3. The molecule has 0 radical (unpaired) electrons. The smallest absolute Gasteiger partial charge is 0.197 e. The van der Waals surface area contributed by atoms with Gasteiger partial charge in [-0.3, -0.25) is 0 Å². The van der Waals surface area contributed by atoms with Gasteiger partial charge in [0.25, 0.3) is 0 Å². The van der Waals surface area contributed by atoms with Crippen molar-refractivity contribution in [1.29, 1.82) is 0 Å². The first-order valence-electron chi connectivity index (χ1n) is 6.26. The van der Waals surface area contributed by atoms with E-state index in [0.29, 0.717) is 19.8 Å². The highest BCUT2D eigenvalue weighted by Gasteiger charge is 2.41. The molecular formula is C14H17IO3. The predicted molar refractivity (Wildman–Crippen MR) is 80.1 cm³/mol. The van der Waals surface area contributed by atoms with Gasteiger partial charge in [0, 0.05) is 12.0 Å². The molecule has 3 aliphatic rings. The van der Waals surface area contributed by atoms with Crippen molar-refractivity contribution in [3.63, 3.8) is 0 Å². The molecule has 1 unspecified atom stereocenters. The average molecular weight is 360 g/mol. The van der Waals surface area contributed by atoms with Crippen molar-refractivity contribution < 1.29 is 14.2 Å². The molecule has 0 saturated carbocycles. The normalized spacial score (nSPS) is 30.0. The van der Waals surface area contributed by atoms with E-state index in [1.165, 1.54) is 0 Å². The molecule has 0 N–H and O–H groups in total. The summed E-state index contributed by atoms with van der Waals surface area (Å²) in [4.78, 5) is 0. The zero-order valence-electron chi connectivity index (χ0n) is 10.2. The third-order valence-corrected chi connectivity index (χ3v) is 4.86. The SMILES string of the molecule is C1=CCC(CC2(C3=CC=IC=C3)OCCO2)OC1. The number of hydrogen-bond donors (Lipinski definition) is 0. The van der Waals surface area contributed by atoms with E-state index < -0.39 is 5.79 Å². The van der Waals surface area contributed by atoms with Gasteiger partial charge in [0.2, 0.25) is 0 Å². The molecule has 1 fully saturated rings. The predicted octanol–water partition coefficient (Wildman–Crippen LogP) is 2.69. The van der Waals surface area contributed by atoms with Crippen LogP contribution in [-0.4, -0.2) is 35.7 Å². The third kappa shape index (κ3) is 2.66. The zero-order valence-corrected chi connectivity index (χ0v) is 12.3. The van der Waals surface area contributed by atoms with Gasteiger partial charge in [-0.1, -0.05) is 32.9 Å². The minimum Gasteiger partial charge on any atom is -0.374 e. The standard InChI is InChI=1S/C14H17IO3/c1-2-8-16-13(3-1)11-14(17-9-10-18-14)12-4-6-15-7-5-12/h1-2,4-7,13H,3,8-11H2. The summed E-state index contributed by atoms with van der Waals surface area (Å²) < 4.78 is 22.1. The summed E-state index contributed by atoms with van der Waals surface area (Å²) in [5.74, 6) is -0.576. The van der Waals surface area contributed by atoms with Gasteiger partial charge >= 0.3 is 0 Å². The van der Waals surface area contributed by atoms with Gasteiger partial charge in [-0.15, -0.1) is 0 Å². The van der Waals surface area contributed by atoms with E-state index in [0.717, 1.165) is 18.4 Å². The Kier molecular flexibility index (Phi) is 4.08. The van der Waals surface area contributed by atoms with E-state index in [-0.39, 0.29) is 26.8 Å². The van der Waals surface area contributed by atoms with Crippen LogP contribution in [0.1, 0.15) is 12.8 Å². The molecule has 1 atom stereocenters. The number of ether oxygens (including phenoxy) is 3. The van der Waals surface area contributed by atoms with Crippen LogP contribution in [-0.2, 0) is 14.2 Å². The first kappa shape index (κ1) is 12.7. The average Bonchev–Trinajstić information content (AvgIpc) is 2.91. The minimum absolute atomic E-state index is 0.0928. The first-order valence-corrected chi connectivity index (χ1v) is 8.75. The summed E-state index contributed by atoms with van der Waals surface area (Å²) in [7, 11) is 0. The lowest BCUT2D eigenvalue weighted by molar-refractivity contribution is -0.151. The maximum Gasteiger partial charge on any atom is 0.197 e. The maximum atomic E-state index is 5.93. The summed E-state index contributed by atoms with van der Waals surface area (Å²) in [6.45, 7) is 2.04. The fourth-order valence-electron chi connectivity index (χ4n) is 2.43. The molecule has 1 saturated heterocycles. The summed E-state index contributed by atoms with van der Waals surface area (Å²) in [5, 5.41) is 0. The van der Waals surface area contributed by atoms with Gasteiger partial charge in [0.1, 0.15) is 0 Å². The van der Waals surface area contributed by atoms with Gasteiger partial charge in [0.05, 0.1) is 25.9 Å². The van der Waals surface area contributed by atoms with Crippen molar-refractivity contribution in [1.82, 2.24) is 0 Å². The molecule has 0 aliphatic carbocycles. The molecule has 0 aromatic heterocycles. The van der Waals surface area contributed by atoms with Crippen molar-refractivity contribution in [2.24, 2.45) is 0 Å². The Balaban J connectivity index is 1.78. The van der Waals surface area contributed by atoms with Gasteiger partial charge in [0.15, 0.2) is 5.79 Å². The van der Waals surface area contributed by atoms with E-state index in [2.05, 4.69) is 32.4 Å². The zero-order chi connectivity index (χ0) is 12.3. The molecular weight excluding hydrogens is 343 g/mol. The van der Waals surface area contributed by atoms with Crippen molar-refractivity contribution in [3.05, 3.63) is 34.0 Å². The molecule has 3 rings (SSSR count). The topological polar surface area (TPSA) is 27.7 Å². The lowest BCUT2D eigenvalue weighted by atomic mass is 9.96. The van der Waals surface area contributed by atoms with Crippen LogP contribution < -0.4 is 0 Å². The Morgan fingerprint density at radius 3 is 2.83 bits per heavy atom. The van der Waals surface area contributed by atoms with Crippen LogP contribution in [0, 0.1) is 0 Å². The van der Waals surface area contributed by atoms with Crippen LogP contribution in [0.4, 0.5) is 0 Å². The van der Waals surface area contributed by atoms with Crippen LogP contribution in [0.25, 0.3) is 0 Å². The Bertz CT molecular complexity index is 417. The fourth-order valence-corrected chi connectivity index (χ4v) is 3.86. The van der Waals surface area contributed by atoms with Crippen molar-refractivity contribution in [3.8, 4) is 0 Å². The van der Waals surface area contributed by atoms with E-state index in [1.807, 2.05) is 0 Å². The monoisotopic (exact) mass is 360 g/mol. The lowest BCUT2D eigenvalue weighted by Crippen LogP contribution is -2.38. The molecule has 0 aromatic carbocycles. The molecule has 4 heteroatoms. The second kappa shape index (κ2) is 5.77. The second-order valence-corrected chi connectivity index (χ2v) is 6.64. The molecule has 18 heavy (non-hydrogen) atoms. The summed E-state index contributed by atoms with van der Waals surface area (Å²) in [6, 6.07) is 0. The first-order chi connectivity index (χ1) is 8.89. The van der Waals surface area contributed by atoms with E-state index in [4.69, 9.17) is 14.2 Å². The van der Waals surface area contributed by atoms with Crippen molar-refractivity contribution in [2.75, 3.05) is 19.8 Å². The molecule has 98 valence electrons. The van der Waals surface area contributed by atoms with Gasteiger partial charge < -0.3 is 14.2 Å². The lowest BCUT2D eigenvalue weighted by Gasteiger charge is -2.33. The summed E-state index contributed by atoms with van der Waals surface area (Å²) in [5.41, 5.74) is 1.14. The Morgan fingerprint density at radius 2 is 2.17 bits per heavy atom. The molecule has 0 amide bonds. The second-order valence-electron chi connectivity index (χ2n) is 4.48. The Labute approximate surface area is 117 Å². The summed E-state index contributed by atoms with van der Waals surface area (Å²) >= 11 is 0.0928. The highest BCUT2D eigenvalue weighted by atomic mass is 127. The quantitative estimate of drug-likeness (QED) is 0.572. The largest absolute Gasteiger partial charge is 0.374 e. The Hall–Kier alpha value is -0.300. The molecule has 3 nitrogen and oxygen atoms in total. The molecule has 0 spiro atoms. The van der Waals surface area contributed by atoms with E-state index >= 15 is 0 Å². The van der Waals surface area contributed by atoms with Gasteiger partial charge in [-0.2, -0.15) is 0 Å².